The van der Waals surface area contributed by atoms with E-state index in [4.69, 9.17) is 14.2 Å². The Bertz CT molecular complexity index is 967. The number of aliphatic hydroxyl groups is 1. The van der Waals surface area contributed by atoms with Crippen molar-refractivity contribution < 1.29 is 19.3 Å². The fourth-order valence-corrected chi connectivity index (χ4v) is 3.70. The standard InChI is InChI=1S/C25H27NO4/c1-18(27)14-26(16-20-5-12-24-25(13-20)30-17-29-24)15-19-3-6-21(7-4-19)22-8-10-23(28-2)11-9-22/h3-13,18,27H,14-17H2,1-2H3/t18-/m1/s1. The minimum atomic E-state index is -0.405. The molecule has 1 atom stereocenters. The van der Waals surface area contributed by atoms with E-state index < -0.39 is 6.10 Å². The van der Waals surface area contributed by atoms with Crippen molar-refractivity contribution in [1.29, 1.82) is 0 Å². The SMILES string of the molecule is COc1ccc(-c2ccc(CN(Cc3ccc4c(c3)OCO4)C[C@@H](C)O)cc2)cc1. The monoisotopic (exact) mass is 405 g/mol. The smallest absolute Gasteiger partial charge is 0.231 e. The zero-order valence-electron chi connectivity index (χ0n) is 17.4. The molecule has 5 heteroatoms. The van der Waals surface area contributed by atoms with Crippen LogP contribution >= 0.6 is 0 Å². The van der Waals surface area contributed by atoms with Crippen molar-refractivity contribution in [3.8, 4) is 28.4 Å². The van der Waals surface area contributed by atoms with Crippen LogP contribution in [0.15, 0.2) is 66.7 Å². The maximum atomic E-state index is 9.97. The van der Waals surface area contributed by atoms with Crippen molar-refractivity contribution in [3.05, 3.63) is 77.9 Å². The summed E-state index contributed by atoms with van der Waals surface area (Å²) in [5.41, 5.74) is 4.66. The van der Waals surface area contributed by atoms with Crippen LogP contribution in [0.25, 0.3) is 11.1 Å². The molecule has 1 N–H and O–H groups in total. The molecular weight excluding hydrogens is 378 g/mol. The maximum Gasteiger partial charge on any atom is 0.231 e. The Hall–Kier alpha value is -3.02. The van der Waals surface area contributed by atoms with Crippen molar-refractivity contribution in [3.63, 3.8) is 0 Å². The molecule has 5 nitrogen and oxygen atoms in total. The molecule has 1 aliphatic rings. The minimum Gasteiger partial charge on any atom is -0.497 e. The molecule has 0 amide bonds. The van der Waals surface area contributed by atoms with E-state index in [0.717, 1.165) is 41.5 Å². The Morgan fingerprint density at radius 1 is 0.867 bits per heavy atom. The zero-order valence-corrected chi connectivity index (χ0v) is 17.4. The van der Waals surface area contributed by atoms with Crippen LogP contribution in [0.3, 0.4) is 0 Å². The molecule has 0 radical (unpaired) electrons. The van der Waals surface area contributed by atoms with Crippen LogP contribution in [0.4, 0.5) is 0 Å². The molecule has 1 heterocycles. The van der Waals surface area contributed by atoms with Crippen LogP contribution in [0.5, 0.6) is 17.2 Å². The first-order chi connectivity index (χ1) is 14.6. The van der Waals surface area contributed by atoms with Crippen molar-refractivity contribution >= 4 is 0 Å². The normalized spacial score (nSPS) is 13.5. The molecule has 0 aromatic heterocycles. The summed E-state index contributed by atoms with van der Waals surface area (Å²) in [7, 11) is 1.67. The highest BCUT2D eigenvalue weighted by atomic mass is 16.7. The summed E-state index contributed by atoms with van der Waals surface area (Å²) in [5, 5.41) is 9.97. The molecule has 0 saturated heterocycles. The lowest BCUT2D eigenvalue weighted by atomic mass is 10.0. The second kappa shape index (κ2) is 9.20. The number of hydrogen-bond acceptors (Lipinski definition) is 5. The Morgan fingerprint density at radius 3 is 2.13 bits per heavy atom. The number of ether oxygens (including phenoxy) is 3. The number of hydrogen-bond donors (Lipinski definition) is 1. The first-order valence-corrected chi connectivity index (χ1v) is 10.1. The van der Waals surface area contributed by atoms with E-state index in [9.17, 15) is 5.11 Å². The predicted molar refractivity (Wildman–Crippen MR) is 117 cm³/mol. The molecule has 0 bridgehead atoms. The Balaban J connectivity index is 1.45. The van der Waals surface area contributed by atoms with Gasteiger partial charge < -0.3 is 19.3 Å². The van der Waals surface area contributed by atoms with Gasteiger partial charge in [-0.3, -0.25) is 4.90 Å². The largest absolute Gasteiger partial charge is 0.497 e. The third-order valence-electron chi connectivity index (χ3n) is 5.15. The number of fused-ring (bicyclic) bond motifs is 1. The molecule has 4 rings (SSSR count). The summed E-state index contributed by atoms with van der Waals surface area (Å²) in [5.74, 6) is 2.43. The van der Waals surface area contributed by atoms with Crippen LogP contribution in [0, 0.1) is 0 Å². The number of aliphatic hydroxyl groups excluding tert-OH is 1. The van der Waals surface area contributed by atoms with E-state index in [2.05, 4.69) is 47.4 Å². The van der Waals surface area contributed by atoms with Crippen molar-refractivity contribution in [1.82, 2.24) is 4.90 Å². The minimum absolute atomic E-state index is 0.275. The van der Waals surface area contributed by atoms with Crippen LogP contribution in [-0.4, -0.2) is 36.6 Å². The molecule has 156 valence electrons. The van der Waals surface area contributed by atoms with E-state index in [1.54, 1.807) is 7.11 Å². The summed E-state index contributed by atoms with van der Waals surface area (Å²) >= 11 is 0. The van der Waals surface area contributed by atoms with E-state index >= 15 is 0 Å². The number of methoxy groups -OCH3 is 1. The number of nitrogens with zero attached hydrogens (tertiary/aromatic N) is 1. The van der Waals surface area contributed by atoms with Gasteiger partial charge in [0.1, 0.15) is 5.75 Å². The molecule has 0 saturated carbocycles. The fraction of sp³-hybridized carbons (Fsp3) is 0.280. The van der Waals surface area contributed by atoms with Gasteiger partial charge in [-0.05, 0) is 53.4 Å². The molecular formula is C25H27NO4. The van der Waals surface area contributed by atoms with Crippen LogP contribution in [0.2, 0.25) is 0 Å². The van der Waals surface area contributed by atoms with Gasteiger partial charge >= 0.3 is 0 Å². The van der Waals surface area contributed by atoms with Gasteiger partial charge in [-0.15, -0.1) is 0 Å². The summed E-state index contributed by atoms with van der Waals surface area (Å²) in [4.78, 5) is 2.24. The van der Waals surface area contributed by atoms with Crippen molar-refractivity contribution in [2.45, 2.75) is 26.1 Å². The third-order valence-corrected chi connectivity index (χ3v) is 5.15. The van der Waals surface area contributed by atoms with Crippen LogP contribution in [-0.2, 0) is 13.1 Å². The topological polar surface area (TPSA) is 51.2 Å². The summed E-state index contributed by atoms with van der Waals surface area (Å²) < 4.78 is 16.1. The van der Waals surface area contributed by atoms with Gasteiger partial charge in [0.05, 0.1) is 13.2 Å². The van der Waals surface area contributed by atoms with Gasteiger partial charge in [0, 0.05) is 19.6 Å². The second-order valence-electron chi connectivity index (χ2n) is 7.63. The highest BCUT2D eigenvalue weighted by Gasteiger charge is 2.16. The first kappa shape index (κ1) is 20.3. The Kier molecular flexibility index (Phi) is 6.21. The van der Waals surface area contributed by atoms with Crippen molar-refractivity contribution in [2.75, 3.05) is 20.4 Å². The average Bonchev–Trinajstić information content (AvgIpc) is 3.22. The van der Waals surface area contributed by atoms with Gasteiger partial charge in [-0.2, -0.15) is 0 Å². The van der Waals surface area contributed by atoms with Gasteiger partial charge in [-0.25, -0.2) is 0 Å². The van der Waals surface area contributed by atoms with E-state index in [0.29, 0.717) is 6.54 Å². The van der Waals surface area contributed by atoms with Crippen LogP contribution in [0.1, 0.15) is 18.1 Å². The van der Waals surface area contributed by atoms with Gasteiger partial charge in [0.2, 0.25) is 6.79 Å². The molecule has 30 heavy (non-hydrogen) atoms. The van der Waals surface area contributed by atoms with Crippen LogP contribution < -0.4 is 14.2 Å². The van der Waals surface area contributed by atoms with Gasteiger partial charge in [-0.1, -0.05) is 42.5 Å². The summed E-state index contributed by atoms with van der Waals surface area (Å²) in [6, 6.07) is 22.7. The molecule has 0 fully saturated rings. The zero-order chi connectivity index (χ0) is 20.9. The molecule has 0 aliphatic carbocycles. The lowest BCUT2D eigenvalue weighted by Gasteiger charge is -2.24. The number of rotatable bonds is 8. The third kappa shape index (κ3) is 4.93. The molecule has 0 unspecified atom stereocenters. The summed E-state index contributed by atoms with van der Waals surface area (Å²) in [6.45, 7) is 4.16. The van der Waals surface area contributed by atoms with Gasteiger partial charge in [0.25, 0.3) is 0 Å². The maximum absolute atomic E-state index is 9.97. The highest BCUT2D eigenvalue weighted by Crippen LogP contribution is 2.33. The molecule has 3 aromatic rings. The Morgan fingerprint density at radius 2 is 1.47 bits per heavy atom. The van der Waals surface area contributed by atoms with Gasteiger partial charge in [0.15, 0.2) is 11.5 Å². The van der Waals surface area contributed by atoms with E-state index in [-0.39, 0.29) is 6.79 Å². The lowest BCUT2D eigenvalue weighted by molar-refractivity contribution is 0.118. The lowest BCUT2D eigenvalue weighted by Crippen LogP contribution is -2.30. The van der Waals surface area contributed by atoms with E-state index in [1.165, 1.54) is 11.1 Å². The predicted octanol–water partition coefficient (Wildman–Crippen LogP) is 4.47. The van der Waals surface area contributed by atoms with Crippen molar-refractivity contribution in [2.24, 2.45) is 0 Å². The first-order valence-electron chi connectivity index (χ1n) is 10.1. The summed E-state index contributed by atoms with van der Waals surface area (Å²) in [6.07, 6.45) is -0.405. The molecule has 3 aromatic carbocycles. The Labute approximate surface area is 177 Å². The molecule has 1 aliphatic heterocycles. The quantitative estimate of drug-likeness (QED) is 0.599. The second-order valence-corrected chi connectivity index (χ2v) is 7.63. The fourth-order valence-electron chi connectivity index (χ4n) is 3.70. The number of benzene rings is 3. The highest BCUT2D eigenvalue weighted by molar-refractivity contribution is 5.64. The molecule has 0 spiro atoms. The average molecular weight is 405 g/mol. The van der Waals surface area contributed by atoms with E-state index in [1.807, 2.05) is 31.2 Å².